The van der Waals surface area contributed by atoms with Crippen LogP contribution in [0.1, 0.15) is 5.56 Å². The summed E-state index contributed by atoms with van der Waals surface area (Å²) in [6.45, 7) is 1.08. The van der Waals surface area contributed by atoms with Crippen molar-refractivity contribution >= 4 is 45.9 Å². The van der Waals surface area contributed by atoms with Crippen LogP contribution in [0.3, 0.4) is 0 Å². The number of thioether (sulfide) groups is 1. The summed E-state index contributed by atoms with van der Waals surface area (Å²) in [7, 11) is 0. The molecule has 3 aromatic rings. The molecule has 1 N–H and O–H groups in total. The lowest BCUT2D eigenvalue weighted by Gasteiger charge is -2.35. The summed E-state index contributed by atoms with van der Waals surface area (Å²) in [5.74, 6) is -1.76. The van der Waals surface area contributed by atoms with Crippen molar-refractivity contribution in [2.45, 2.75) is 22.6 Å². The number of carbonyl (C=O) groups is 3. The number of nitrogens with zero attached hydrogens (tertiary/aromatic N) is 3. The molecule has 4 aliphatic heterocycles. The quantitative estimate of drug-likeness (QED) is 0.478. The van der Waals surface area contributed by atoms with Gasteiger partial charge in [-0.05, 0) is 28.5 Å². The van der Waals surface area contributed by atoms with Crippen molar-refractivity contribution < 1.29 is 19.5 Å². The Hall–Kier alpha value is -3.88. The molecule has 3 amide bonds. The number of aliphatic hydroxyl groups excluding tert-OH is 1. The minimum atomic E-state index is -0.903. The van der Waals surface area contributed by atoms with Crippen LogP contribution in [0.5, 0.6) is 0 Å². The van der Waals surface area contributed by atoms with Crippen molar-refractivity contribution in [3.8, 4) is 0 Å². The van der Waals surface area contributed by atoms with E-state index in [9.17, 15) is 19.5 Å². The maximum atomic E-state index is 14.5. The number of amides is 3. The van der Waals surface area contributed by atoms with Gasteiger partial charge in [-0.15, -0.1) is 11.8 Å². The fourth-order valence-corrected chi connectivity index (χ4v) is 9.07. The number of carbonyl (C=O) groups excluding carboxylic acids is 3. The van der Waals surface area contributed by atoms with Gasteiger partial charge in [0, 0.05) is 37.1 Å². The number of β-amino-alcohol motifs (C(OH)–C–C–N with tert-alkyl or cyclic N) is 1. The van der Waals surface area contributed by atoms with Crippen molar-refractivity contribution in [1.29, 1.82) is 0 Å². The molecule has 2 fully saturated rings. The number of benzene rings is 3. The molecule has 0 bridgehead atoms. The highest BCUT2D eigenvalue weighted by atomic mass is 32.2. The molecular weight excluding hydrogens is 534 g/mol. The Kier molecular flexibility index (Phi) is 6.47. The van der Waals surface area contributed by atoms with E-state index in [4.69, 9.17) is 0 Å². The summed E-state index contributed by atoms with van der Waals surface area (Å²) < 4.78 is -0.903. The third kappa shape index (κ3) is 4.11. The third-order valence-corrected chi connectivity index (χ3v) is 10.6. The second-order valence-corrected chi connectivity index (χ2v) is 12.6. The van der Waals surface area contributed by atoms with E-state index in [1.54, 1.807) is 16.7 Å². The predicted octanol–water partition coefficient (Wildman–Crippen LogP) is 3.63. The van der Waals surface area contributed by atoms with Crippen LogP contribution in [-0.4, -0.2) is 74.9 Å². The summed E-state index contributed by atoms with van der Waals surface area (Å²) in [4.78, 5) is 47.9. The fraction of sp³-hybridized carbons (Fsp3) is 0.303. The Balaban J connectivity index is 1.27. The SMILES string of the molecule is O=C1[C@@H]2[C@H](C=CCN1Cc1ccccc1)S[C@]13C=CCN(c4ccc5ccccc5c4)C(=O)C1N(CCO)C(=O)[C@H]23. The predicted molar refractivity (Wildman–Crippen MR) is 160 cm³/mol. The fourth-order valence-electron chi connectivity index (χ4n) is 7.06. The number of likely N-dealkylation sites (tertiary alicyclic amines) is 1. The topological polar surface area (TPSA) is 81.2 Å². The van der Waals surface area contributed by atoms with Gasteiger partial charge in [0.2, 0.25) is 11.8 Å². The van der Waals surface area contributed by atoms with Crippen LogP contribution in [0, 0.1) is 11.8 Å². The van der Waals surface area contributed by atoms with E-state index >= 15 is 0 Å². The summed E-state index contributed by atoms with van der Waals surface area (Å²) in [5, 5.41) is 11.8. The van der Waals surface area contributed by atoms with Crippen LogP contribution in [0.15, 0.2) is 97.1 Å². The number of hydrogen-bond acceptors (Lipinski definition) is 5. The van der Waals surface area contributed by atoms with E-state index in [0.717, 1.165) is 22.0 Å². The van der Waals surface area contributed by atoms with E-state index < -0.39 is 22.6 Å². The minimum Gasteiger partial charge on any atom is -0.395 e. The average molecular weight is 566 g/mol. The van der Waals surface area contributed by atoms with Crippen molar-refractivity contribution in [1.82, 2.24) is 9.80 Å². The van der Waals surface area contributed by atoms with Crippen LogP contribution in [-0.2, 0) is 20.9 Å². The van der Waals surface area contributed by atoms with Gasteiger partial charge in [-0.2, -0.15) is 0 Å². The van der Waals surface area contributed by atoms with E-state index in [1.807, 2.05) is 95.9 Å². The summed E-state index contributed by atoms with van der Waals surface area (Å²) in [6, 6.07) is 23.0. The smallest absolute Gasteiger partial charge is 0.251 e. The molecule has 7 nitrogen and oxygen atoms in total. The summed E-state index contributed by atoms with van der Waals surface area (Å²) in [6.07, 6.45) is 8.06. The lowest BCUT2D eigenvalue weighted by Crippen LogP contribution is -2.53. The zero-order chi connectivity index (χ0) is 28.1. The van der Waals surface area contributed by atoms with Gasteiger partial charge in [0.1, 0.15) is 6.04 Å². The zero-order valence-corrected chi connectivity index (χ0v) is 23.3. The molecule has 4 aliphatic rings. The van der Waals surface area contributed by atoms with Gasteiger partial charge >= 0.3 is 0 Å². The molecule has 0 radical (unpaired) electrons. The molecule has 0 aliphatic carbocycles. The second-order valence-electron chi connectivity index (χ2n) is 11.1. The number of hydrogen-bond donors (Lipinski definition) is 1. The standard InChI is InChI=1S/C33H31N3O4S/c37-19-18-36-29-32(40)35(25-14-13-23-10-4-5-11-24(23)20-25)17-7-15-33(29)28(31(36)39)27-26(41-33)12-6-16-34(30(27)38)21-22-8-2-1-3-9-22/h1-15,20,26-29,37H,16-19,21H2/t26-,27+,28-,29?,33-/m0/s1. The highest BCUT2D eigenvalue weighted by Crippen LogP contribution is 2.61. The second kappa shape index (κ2) is 10.2. The van der Waals surface area contributed by atoms with Gasteiger partial charge in [0.05, 0.1) is 23.2 Å². The van der Waals surface area contributed by atoms with Crippen LogP contribution in [0.2, 0.25) is 0 Å². The number of anilines is 1. The van der Waals surface area contributed by atoms with Crippen molar-refractivity contribution in [2.75, 3.05) is 31.1 Å². The number of rotatable bonds is 5. The molecular formula is C33H31N3O4S. The average Bonchev–Trinajstić information content (AvgIpc) is 3.30. The van der Waals surface area contributed by atoms with Crippen molar-refractivity contribution in [3.63, 3.8) is 0 Å². The maximum Gasteiger partial charge on any atom is 0.251 e. The maximum absolute atomic E-state index is 14.5. The Morgan fingerprint density at radius 2 is 1.63 bits per heavy atom. The zero-order valence-electron chi connectivity index (χ0n) is 22.5. The molecule has 3 aromatic carbocycles. The Labute approximate surface area is 243 Å². The molecule has 1 unspecified atom stereocenters. The first-order valence-corrected chi connectivity index (χ1v) is 15.0. The van der Waals surface area contributed by atoms with Crippen molar-refractivity contribution in [2.24, 2.45) is 11.8 Å². The van der Waals surface area contributed by atoms with E-state index in [2.05, 4.69) is 6.08 Å². The highest BCUT2D eigenvalue weighted by Gasteiger charge is 2.71. The molecule has 208 valence electrons. The van der Waals surface area contributed by atoms with Crippen LogP contribution in [0.4, 0.5) is 5.69 Å². The molecule has 0 saturated carbocycles. The van der Waals surface area contributed by atoms with Crippen molar-refractivity contribution in [3.05, 3.63) is 103 Å². The van der Waals surface area contributed by atoms with Crippen LogP contribution >= 0.6 is 11.8 Å². The molecule has 41 heavy (non-hydrogen) atoms. The summed E-state index contributed by atoms with van der Waals surface area (Å²) in [5.41, 5.74) is 1.79. The molecule has 0 aromatic heterocycles. The number of fused-ring (bicyclic) bond motifs is 3. The third-order valence-electron chi connectivity index (χ3n) is 8.84. The molecule has 1 spiro atoms. The van der Waals surface area contributed by atoms with Gasteiger partial charge < -0.3 is 19.8 Å². The normalized spacial score (nSPS) is 29.0. The van der Waals surface area contributed by atoms with Crippen LogP contribution in [0.25, 0.3) is 10.8 Å². The van der Waals surface area contributed by atoms with E-state index in [0.29, 0.717) is 19.6 Å². The van der Waals surface area contributed by atoms with Gasteiger partial charge in [-0.25, -0.2) is 0 Å². The first-order chi connectivity index (χ1) is 20.0. The largest absolute Gasteiger partial charge is 0.395 e. The molecule has 4 heterocycles. The lowest BCUT2D eigenvalue weighted by atomic mass is 9.78. The number of aliphatic hydroxyl groups is 1. The first kappa shape index (κ1) is 26.0. The van der Waals surface area contributed by atoms with Gasteiger partial charge in [0.15, 0.2) is 0 Å². The first-order valence-electron chi connectivity index (χ1n) is 14.1. The lowest BCUT2D eigenvalue weighted by molar-refractivity contribution is -0.143. The Morgan fingerprint density at radius 1 is 0.854 bits per heavy atom. The van der Waals surface area contributed by atoms with Crippen LogP contribution < -0.4 is 4.90 Å². The highest BCUT2D eigenvalue weighted by molar-refractivity contribution is 8.02. The Morgan fingerprint density at radius 3 is 2.44 bits per heavy atom. The van der Waals surface area contributed by atoms with E-state index in [-0.39, 0.29) is 36.1 Å². The van der Waals surface area contributed by atoms with Gasteiger partial charge in [-0.1, -0.05) is 85.0 Å². The molecule has 2 saturated heterocycles. The Bertz CT molecular complexity index is 1590. The van der Waals surface area contributed by atoms with Gasteiger partial charge in [0.25, 0.3) is 5.91 Å². The summed E-state index contributed by atoms with van der Waals surface area (Å²) >= 11 is 1.56. The molecule has 5 atom stereocenters. The van der Waals surface area contributed by atoms with E-state index in [1.165, 1.54) is 4.90 Å². The molecule has 7 rings (SSSR count). The molecule has 8 heteroatoms. The minimum absolute atomic E-state index is 0.0442. The monoisotopic (exact) mass is 565 g/mol. The van der Waals surface area contributed by atoms with Gasteiger partial charge in [-0.3, -0.25) is 14.4 Å².